The van der Waals surface area contributed by atoms with E-state index in [1.54, 1.807) is 6.07 Å². The summed E-state index contributed by atoms with van der Waals surface area (Å²) in [6, 6.07) is 17.4. The third kappa shape index (κ3) is 3.99. The van der Waals surface area contributed by atoms with Gasteiger partial charge in [-0.25, -0.2) is 9.97 Å². The molecule has 2 heterocycles. The number of benzene rings is 2. The number of nitrogens with zero attached hydrogens (tertiary/aromatic N) is 2. The molecule has 1 aliphatic carbocycles. The second kappa shape index (κ2) is 7.43. The van der Waals surface area contributed by atoms with Gasteiger partial charge in [0.1, 0.15) is 11.5 Å². The van der Waals surface area contributed by atoms with Crippen LogP contribution in [0.25, 0.3) is 11.4 Å². The lowest BCUT2D eigenvalue weighted by atomic mass is 10.2. The smallest absolute Gasteiger partial charge is 0.270 e. The average Bonchev–Trinajstić information content (AvgIpc) is 3.45. The van der Waals surface area contributed by atoms with Gasteiger partial charge in [0, 0.05) is 24.2 Å². The largest absolute Gasteiger partial charge is 0.454 e. The molecule has 2 aliphatic rings. The Morgan fingerprint density at radius 1 is 1.00 bits per heavy atom. The van der Waals surface area contributed by atoms with Gasteiger partial charge in [-0.15, -0.1) is 0 Å². The highest BCUT2D eigenvalue weighted by Crippen LogP contribution is 2.32. The minimum absolute atomic E-state index is 0.227. The molecule has 1 saturated carbocycles. The lowest BCUT2D eigenvalue weighted by Gasteiger charge is -2.10. The fourth-order valence-corrected chi connectivity index (χ4v) is 3.11. The first-order valence-electron chi connectivity index (χ1n) is 9.62. The molecule has 0 bridgehead atoms. The number of hydrogen-bond donors (Lipinski definition) is 2. The molecule has 7 nitrogen and oxygen atoms in total. The number of ether oxygens (including phenoxy) is 2. The van der Waals surface area contributed by atoms with Crippen molar-refractivity contribution in [1.29, 1.82) is 0 Å². The van der Waals surface area contributed by atoms with Crippen LogP contribution in [0.1, 0.15) is 28.9 Å². The maximum Gasteiger partial charge on any atom is 0.270 e. The number of rotatable bonds is 6. The molecular weight excluding hydrogens is 368 g/mol. The van der Waals surface area contributed by atoms with E-state index in [2.05, 4.69) is 20.6 Å². The summed E-state index contributed by atoms with van der Waals surface area (Å²) < 4.78 is 10.7. The standard InChI is InChI=1S/C22H20N4O3/c27-22(23-12-14-6-9-18-19(10-14)29-13-28-18)17-11-20(24-16-7-8-16)26-21(25-17)15-4-2-1-3-5-15/h1-6,9-11,16H,7-8,12-13H2,(H,23,27)(H,24,25,26). The summed E-state index contributed by atoms with van der Waals surface area (Å²) in [6.07, 6.45) is 2.24. The molecule has 0 atom stereocenters. The van der Waals surface area contributed by atoms with Crippen molar-refractivity contribution in [3.63, 3.8) is 0 Å². The number of amides is 1. The second-order valence-electron chi connectivity index (χ2n) is 7.12. The number of hydrogen-bond acceptors (Lipinski definition) is 6. The van der Waals surface area contributed by atoms with E-state index >= 15 is 0 Å². The van der Waals surface area contributed by atoms with Gasteiger partial charge < -0.3 is 20.1 Å². The minimum atomic E-state index is -0.249. The molecule has 3 aromatic rings. The third-order valence-electron chi connectivity index (χ3n) is 4.81. The topological polar surface area (TPSA) is 85.4 Å². The van der Waals surface area contributed by atoms with E-state index in [9.17, 15) is 4.79 Å². The van der Waals surface area contributed by atoms with Gasteiger partial charge in [0.05, 0.1) is 0 Å². The van der Waals surface area contributed by atoms with E-state index in [0.717, 1.165) is 29.7 Å². The summed E-state index contributed by atoms with van der Waals surface area (Å²) in [5.41, 5.74) is 2.13. The number of aromatic nitrogens is 2. The van der Waals surface area contributed by atoms with Crippen molar-refractivity contribution in [2.45, 2.75) is 25.4 Å². The van der Waals surface area contributed by atoms with Gasteiger partial charge >= 0.3 is 0 Å². The maximum atomic E-state index is 12.8. The Kier molecular flexibility index (Phi) is 4.48. The number of carbonyl (C=O) groups is 1. The molecule has 146 valence electrons. The lowest BCUT2D eigenvalue weighted by Crippen LogP contribution is -2.24. The number of carbonyl (C=O) groups excluding carboxylic acids is 1. The Labute approximate surface area is 168 Å². The molecule has 7 heteroatoms. The molecule has 2 N–H and O–H groups in total. The lowest BCUT2D eigenvalue weighted by molar-refractivity contribution is 0.0946. The maximum absolute atomic E-state index is 12.8. The molecule has 29 heavy (non-hydrogen) atoms. The highest BCUT2D eigenvalue weighted by molar-refractivity contribution is 5.93. The molecule has 2 aromatic carbocycles. The van der Waals surface area contributed by atoms with Crippen LogP contribution in [-0.4, -0.2) is 28.7 Å². The Hall–Kier alpha value is -3.61. The molecule has 0 saturated heterocycles. The summed E-state index contributed by atoms with van der Waals surface area (Å²) in [5.74, 6) is 2.38. The van der Waals surface area contributed by atoms with Crippen LogP contribution in [0.2, 0.25) is 0 Å². The highest BCUT2D eigenvalue weighted by Gasteiger charge is 2.23. The first-order valence-corrected chi connectivity index (χ1v) is 9.62. The van der Waals surface area contributed by atoms with Crippen LogP contribution >= 0.6 is 0 Å². The zero-order valence-corrected chi connectivity index (χ0v) is 15.7. The zero-order valence-electron chi connectivity index (χ0n) is 15.7. The minimum Gasteiger partial charge on any atom is -0.454 e. The zero-order chi connectivity index (χ0) is 19.6. The quantitative estimate of drug-likeness (QED) is 0.673. The van der Waals surface area contributed by atoms with Gasteiger partial charge in [-0.05, 0) is 30.5 Å². The van der Waals surface area contributed by atoms with Crippen LogP contribution in [-0.2, 0) is 6.54 Å². The van der Waals surface area contributed by atoms with Crippen LogP contribution < -0.4 is 20.1 Å². The van der Waals surface area contributed by atoms with E-state index in [1.807, 2.05) is 48.5 Å². The second-order valence-corrected chi connectivity index (χ2v) is 7.12. The van der Waals surface area contributed by atoms with Crippen LogP contribution in [0.4, 0.5) is 5.82 Å². The third-order valence-corrected chi connectivity index (χ3v) is 4.81. The molecule has 1 aliphatic heterocycles. The van der Waals surface area contributed by atoms with E-state index in [-0.39, 0.29) is 12.7 Å². The van der Waals surface area contributed by atoms with Crippen molar-refractivity contribution in [2.75, 3.05) is 12.1 Å². The normalized spacial score (nSPS) is 14.5. The molecule has 5 rings (SSSR count). The van der Waals surface area contributed by atoms with Crippen LogP contribution in [0.15, 0.2) is 54.6 Å². The summed E-state index contributed by atoms with van der Waals surface area (Å²) in [7, 11) is 0. The molecule has 0 radical (unpaired) electrons. The van der Waals surface area contributed by atoms with Crippen LogP contribution in [0.3, 0.4) is 0 Å². The Balaban J connectivity index is 1.36. The summed E-state index contributed by atoms with van der Waals surface area (Å²) in [6.45, 7) is 0.594. The van der Waals surface area contributed by atoms with Crippen LogP contribution in [0, 0.1) is 0 Å². The van der Waals surface area contributed by atoms with E-state index in [0.29, 0.717) is 35.7 Å². The van der Waals surface area contributed by atoms with Gasteiger partial charge in [-0.1, -0.05) is 36.4 Å². The average molecular weight is 388 g/mol. The summed E-state index contributed by atoms with van der Waals surface area (Å²) in [5, 5.41) is 6.29. The molecule has 1 aromatic heterocycles. The van der Waals surface area contributed by atoms with Gasteiger partial charge in [0.15, 0.2) is 17.3 Å². The Morgan fingerprint density at radius 3 is 2.66 bits per heavy atom. The van der Waals surface area contributed by atoms with Crippen molar-refractivity contribution >= 4 is 11.7 Å². The number of fused-ring (bicyclic) bond motifs is 1. The first kappa shape index (κ1) is 17.5. The van der Waals surface area contributed by atoms with Crippen molar-refractivity contribution in [3.05, 3.63) is 65.9 Å². The van der Waals surface area contributed by atoms with Gasteiger partial charge in [-0.3, -0.25) is 4.79 Å². The monoisotopic (exact) mass is 388 g/mol. The number of nitrogens with one attached hydrogen (secondary N) is 2. The summed E-state index contributed by atoms with van der Waals surface area (Å²) in [4.78, 5) is 21.9. The first-order chi connectivity index (χ1) is 14.2. The molecule has 1 amide bonds. The van der Waals surface area contributed by atoms with E-state index in [4.69, 9.17) is 9.47 Å². The predicted octanol–water partition coefficient (Wildman–Crippen LogP) is 3.38. The van der Waals surface area contributed by atoms with Gasteiger partial charge in [0.25, 0.3) is 5.91 Å². The molecular formula is C22H20N4O3. The Morgan fingerprint density at radius 2 is 1.83 bits per heavy atom. The SMILES string of the molecule is O=C(NCc1ccc2c(c1)OCO2)c1cc(NC2CC2)nc(-c2ccccc2)n1. The highest BCUT2D eigenvalue weighted by atomic mass is 16.7. The van der Waals surface area contributed by atoms with Crippen molar-refractivity contribution in [2.24, 2.45) is 0 Å². The van der Waals surface area contributed by atoms with Crippen LogP contribution in [0.5, 0.6) is 11.5 Å². The van der Waals surface area contributed by atoms with E-state index < -0.39 is 0 Å². The number of anilines is 1. The van der Waals surface area contributed by atoms with E-state index in [1.165, 1.54) is 0 Å². The fourth-order valence-electron chi connectivity index (χ4n) is 3.11. The molecule has 0 unspecified atom stereocenters. The van der Waals surface area contributed by atoms with Crippen molar-refractivity contribution in [3.8, 4) is 22.9 Å². The molecule has 0 spiro atoms. The Bertz CT molecular complexity index is 1050. The molecule has 1 fully saturated rings. The van der Waals surface area contributed by atoms with Gasteiger partial charge in [-0.2, -0.15) is 0 Å². The van der Waals surface area contributed by atoms with Crippen molar-refractivity contribution in [1.82, 2.24) is 15.3 Å². The fraction of sp³-hybridized carbons (Fsp3) is 0.227. The van der Waals surface area contributed by atoms with Gasteiger partial charge in [0.2, 0.25) is 6.79 Å². The predicted molar refractivity (Wildman–Crippen MR) is 108 cm³/mol. The van der Waals surface area contributed by atoms with Crippen molar-refractivity contribution < 1.29 is 14.3 Å². The summed E-state index contributed by atoms with van der Waals surface area (Å²) >= 11 is 0.